The molecule has 1 amide bonds. The average Bonchev–Trinajstić information content (AvgIpc) is 3.03. The summed E-state index contributed by atoms with van der Waals surface area (Å²) in [4.78, 5) is 14.7. The number of halogens is 2. The zero-order valence-corrected chi connectivity index (χ0v) is 16.7. The molecule has 8 heteroatoms. The number of rotatable bonds is 8. The number of piperidine rings is 1. The van der Waals surface area contributed by atoms with Crippen LogP contribution in [0.15, 0.2) is 16.7 Å². The van der Waals surface area contributed by atoms with Crippen molar-refractivity contribution in [2.75, 3.05) is 32.8 Å². The second-order valence-corrected chi connectivity index (χ2v) is 6.20. The average molecular weight is 396 g/mol. The van der Waals surface area contributed by atoms with Crippen molar-refractivity contribution in [1.82, 2.24) is 10.2 Å². The standard InChI is InChI=1S/C17H29N3O3.2ClH/c1-3-22-8-4-6-20-7-5-16(13(2)11-20)19-17(21)14-9-15(10-18)23-12-14;;/h9,12-13,16H,3-8,10-11,18H2,1-2H3,(H,19,21);2*1H. The Bertz CT molecular complexity index is 499. The molecule has 1 fully saturated rings. The number of nitrogens with zero attached hydrogens (tertiary/aromatic N) is 1. The Morgan fingerprint density at radius 2 is 2.24 bits per heavy atom. The number of nitrogens with two attached hydrogens (primary N) is 1. The number of furan rings is 1. The van der Waals surface area contributed by atoms with Crippen LogP contribution in [-0.2, 0) is 11.3 Å². The van der Waals surface area contributed by atoms with Crippen LogP contribution in [0.1, 0.15) is 42.8 Å². The first-order valence-corrected chi connectivity index (χ1v) is 8.52. The summed E-state index contributed by atoms with van der Waals surface area (Å²) in [5.41, 5.74) is 6.06. The van der Waals surface area contributed by atoms with Gasteiger partial charge in [0.1, 0.15) is 12.0 Å². The summed E-state index contributed by atoms with van der Waals surface area (Å²) in [5.74, 6) is 0.989. The van der Waals surface area contributed by atoms with Crippen molar-refractivity contribution < 1.29 is 13.9 Å². The minimum atomic E-state index is -0.0740. The van der Waals surface area contributed by atoms with Gasteiger partial charge in [-0.1, -0.05) is 6.92 Å². The fraction of sp³-hybridized carbons (Fsp3) is 0.706. The molecule has 1 aromatic rings. The van der Waals surface area contributed by atoms with Crippen LogP contribution in [0.2, 0.25) is 0 Å². The van der Waals surface area contributed by atoms with Crippen LogP contribution in [-0.4, -0.2) is 49.7 Å². The summed E-state index contributed by atoms with van der Waals surface area (Å²) in [6, 6.07) is 1.92. The van der Waals surface area contributed by atoms with Gasteiger partial charge in [-0.05, 0) is 31.7 Å². The number of likely N-dealkylation sites (tertiary alicyclic amines) is 1. The number of hydrogen-bond acceptors (Lipinski definition) is 5. The molecule has 2 atom stereocenters. The van der Waals surface area contributed by atoms with Gasteiger partial charge in [0.15, 0.2) is 0 Å². The first-order valence-electron chi connectivity index (χ1n) is 8.52. The van der Waals surface area contributed by atoms with Crippen LogP contribution in [0.3, 0.4) is 0 Å². The van der Waals surface area contributed by atoms with Gasteiger partial charge in [-0.2, -0.15) is 0 Å². The molecule has 0 bridgehead atoms. The van der Waals surface area contributed by atoms with E-state index in [-0.39, 0.29) is 36.8 Å². The summed E-state index contributed by atoms with van der Waals surface area (Å²) >= 11 is 0. The molecule has 146 valence electrons. The SMILES string of the molecule is CCOCCCN1CCC(NC(=O)c2coc(CN)c2)C(C)C1.Cl.Cl. The predicted octanol–water partition coefficient (Wildman–Crippen LogP) is 2.45. The molecule has 0 spiro atoms. The van der Waals surface area contributed by atoms with Crippen molar-refractivity contribution in [3.63, 3.8) is 0 Å². The van der Waals surface area contributed by atoms with Crippen molar-refractivity contribution in [3.05, 3.63) is 23.7 Å². The molecule has 1 aromatic heterocycles. The van der Waals surface area contributed by atoms with Crippen LogP contribution < -0.4 is 11.1 Å². The van der Waals surface area contributed by atoms with E-state index < -0.39 is 0 Å². The number of nitrogens with one attached hydrogen (secondary N) is 1. The maximum atomic E-state index is 12.3. The lowest BCUT2D eigenvalue weighted by molar-refractivity contribution is 0.0843. The third-order valence-electron chi connectivity index (χ3n) is 4.39. The van der Waals surface area contributed by atoms with Gasteiger partial charge in [0.25, 0.3) is 5.91 Å². The molecular formula is C17H31Cl2N3O3. The normalized spacial score (nSPS) is 20.4. The van der Waals surface area contributed by atoms with Gasteiger partial charge in [0.2, 0.25) is 0 Å². The Labute approximate surface area is 162 Å². The molecule has 2 unspecified atom stereocenters. The Kier molecular flexibility index (Phi) is 12.1. The van der Waals surface area contributed by atoms with Gasteiger partial charge in [-0.25, -0.2) is 0 Å². The second kappa shape index (κ2) is 12.5. The predicted molar refractivity (Wildman–Crippen MR) is 104 cm³/mol. The molecule has 1 aliphatic rings. The van der Waals surface area contributed by atoms with E-state index in [4.69, 9.17) is 14.9 Å². The van der Waals surface area contributed by atoms with Gasteiger partial charge >= 0.3 is 0 Å². The topological polar surface area (TPSA) is 80.7 Å². The molecule has 25 heavy (non-hydrogen) atoms. The molecule has 0 radical (unpaired) electrons. The van der Waals surface area contributed by atoms with E-state index in [0.717, 1.165) is 45.7 Å². The van der Waals surface area contributed by atoms with Crippen molar-refractivity contribution in [1.29, 1.82) is 0 Å². The van der Waals surface area contributed by atoms with E-state index >= 15 is 0 Å². The third kappa shape index (κ3) is 7.54. The quantitative estimate of drug-likeness (QED) is 0.660. The maximum absolute atomic E-state index is 12.3. The molecule has 6 nitrogen and oxygen atoms in total. The highest BCUT2D eigenvalue weighted by molar-refractivity contribution is 5.94. The smallest absolute Gasteiger partial charge is 0.254 e. The van der Waals surface area contributed by atoms with E-state index in [1.807, 2.05) is 6.92 Å². The van der Waals surface area contributed by atoms with Crippen molar-refractivity contribution in [2.45, 2.75) is 39.3 Å². The highest BCUT2D eigenvalue weighted by atomic mass is 35.5. The summed E-state index contributed by atoms with van der Waals surface area (Å²) < 4.78 is 10.6. The summed E-state index contributed by atoms with van der Waals surface area (Å²) in [5, 5.41) is 3.13. The van der Waals surface area contributed by atoms with Gasteiger partial charge in [0.05, 0.1) is 12.1 Å². The fourth-order valence-electron chi connectivity index (χ4n) is 3.04. The molecular weight excluding hydrogens is 365 g/mol. The molecule has 1 saturated heterocycles. The van der Waals surface area contributed by atoms with Crippen LogP contribution in [0.25, 0.3) is 0 Å². The number of hydrogen-bond donors (Lipinski definition) is 2. The fourth-order valence-corrected chi connectivity index (χ4v) is 3.04. The monoisotopic (exact) mass is 395 g/mol. The molecule has 0 aliphatic carbocycles. The second-order valence-electron chi connectivity index (χ2n) is 6.20. The molecule has 0 aromatic carbocycles. The van der Waals surface area contributed by atoms with Gasteiger partial charge in [-0.3, -0.25) is 4.79 Å². The van der Waals surface area contributed by atoms with E-state index in [0.29, 0.717) is 23.8 Å². The first kappa shape index (κ1) is 24.2. The van der Waals surface area contributed by atoms with Crippen molar-refractivity contribution in [2.24, 2.45) is 11.7 Å². The Morgan fingerprint density at radius 1 is 1.48 bits per heavy atom. The zero-order valence-electron chi connectivity index (χ0n) is 15.0. The van der Waals surface area contributed by atoms with Gasteiger partial charge in [-0.15, -0.1) is 24.8 Å². The molecule has 2 heterocycles. The van der Waals surface area contributed by atoms with Crippen LogP contribution in [0.5, 0.6) is 0 Å². The van der Waals surface area contributed by atoms with Crippen molar-refractivity contribution >= 4 is 30.7 Å². The lowest BCUT2D eigenvalue weighted by Crippen LogP contribution is -2.50. The number of carbonyl (C=O) groups is 1. The van der Waals surface area contributed by atoms with Crippen molar-refractivity contribution in [3.8, 4) is 0 Å². The van der Waals surface area contributed by atoms with Crippen LogP contribution in [0.4, 0.5) is 0 Å². The Balaban J connectivity index is 0.00000288. The van der Waals surface area contributed by atoms with Crippen LogP contribution in [0, 0.1) is 5.92 Å². The summed E-state index contributed by atoms with van der Waals surface area (Å²) in [6.45, 7) is 9.22. The first-order chi connectivity index (χ1) is 11.1. The van der Waals surface area contributed by atoms with E-state index in [9.17, 15) is 4.79 Å². The molecule has 2 rings (SSSR count). The molecule has 0 saturated carbocycles. The van der Waals surface area contributed by atoms with E-state index in [2.05, 4.69) is 17.1 Å². The van der Waals surface area contributed by atoms with E-state index in [1.54, 1.807) is 6.07 Å². The minimum absolute atomic E-state index is 0. The van der Waals surface area contributed by atoms with Crippen LogP contribution >= 0.6 is 24.8 Å². The summed E-state index contributed by atoms with van der Waals surface area (Å²) in [7, 11) is 0. The molecule has 1 aliphatic heterocycles. The minimum Gasteiger partial charge on any atom is -0.467 e. The summed E-state index contributed by atoms with van der Waals surface area (Å²) in [6.07, 6.45) is 3.52. The lowest BCUT2D eigenvalue weighted by Gasteiger charge is -2.37. The largest absolute Gasteiger partial charge is 0.467 e. The lowest BCUT2D eigenvalue weighted by atomic mass is 9.93. The zero-order chi connectivity index (χ0) is 16.7. The number of ether oxygens (including phenoxy) is 1. The number of carbonyl (C=O) groups excluding carboxylic acids is 1. The highest BCUT2D eigenvalue weighted by Crippen LogP contribution is 2.18. The van der Waals surface area contributed by atoms with Gasteiger partial charge < -0.3 is 25.1 Å². The number of amides is 1. The van der Waals surface area contributed by atoms with Gasteiger partial charge in [0, 0.05) is 38.9 Å². The third-order valence-corrected chi connectivity index (χ3v) is 4.39. The molecule has 3 N–H and O–H groups in total. The maximum Gasteiger partial charge on any atom is 0.254 e. The highest BCUT2D eigenvalue weighted by Gasteiger charge is 2.27. The Hall–Kier alpha value is -0.790. The van der Waals surface area contributed by atoms with E-state index in [1.165, 1.54) is 6.26 Å². The Morgan fingerprint density at radius 3 is 2.84 bits per heavy atom.